The van der Waals surface area contributed by atoms with Crippen LogP contribution in [0.3, 0.4) is 0 Å². The number of nitrogens with zero attached hydrogens (tertiary/aromatic N) is 2. The molecule has 3 atom stereocenters. The molecule has 1 aliphatic rings. The minimum Gasteiger partial charge on any atom is -0.488 e. The molecule has 0 fully saturated rings. The molecular formula is C29H34ClN3O7S2. The predicted octanol–water partition coefficient (Wildman–Crippen LogP) is 3.61. The van der Waals surface area contributed by atoms with Gasteiger partial charge in [0, 0.05) is 35.8 Å². The lowest BCUT2D eigenvalue weighted by Crippen LogP contribution is -2.48. The van der Waals surface area contributed by atoms with Gasteiger partial charge < -0.3 is 14.7 Å². The van der Waals surface area contributed by atoms with E-state index in [1.54, 1.807) is 36.1 Å². The van der Waals surface area contributed by atoms with Crippen LogP contribution in [0.1, 0.15) is 19.4 Å². The maximum atomic E-state index is 13.5. The first kappa shape index (κ1) is 31.8. The third-order valence-corrected chi connectivity index (χ3v) is 10.7. The van der Waals surface area contributed by atoms with Crippen LogP contribution in [0.5, 0.6) is 5.75 Å². The van der Waals surface area contributed by atoms with Gasteiger partial charge in [-0.05, 0) is 61.5 Å². The van der Waals surface area contributed by atoms with Crippen LogP contribution in [-0.2, 0) is 31.3 Å². The van der Waals surface area contributed by atoms with Crippen LogP contribution in [0.15, 0.2) is 82.6 Å². The molecule has 1 heterocycles. The summed E-state index contributed by atoms with van der Waals surface area (Å²) >= 11 is 5.89. The molecular weight excluding hydrogens is 602 g/mol. The van der Waals surface area contributed by atoms with Crippen LogP contribution in [0.2, 0.25) is 5.02 Å². The van der Waals surface area contributed by atoms with E-state index in [4.69, 9.17) is 16.3 Å². The number of carbonyl (C=O) groups excluding carboxylic acids is 1. The smallest absolute Gasteiger partial charge is 0.261 e. The zero-order valence-electron chi connectivity index (χ0n) is 23.5. The van der Waals surface area contributed by atoms with E-state index in [-0.39, 0.29) is 53.4 Å². The molecule has 0 unspecified atom stereocenters. The van der Waals surface area contributed by atoms with Crippen molar-refractivity contribution in [3.8, 4) is 5.75 Å². The summed E-state index contributed by atoms with van der Waals surface area (Å²) in [5, 5.41) is 10.3. The number of halogens is 1. The van der Waals surface area contributed by atoms with Crippen molar-refractivity contribution in [1.82, 2.24) is 9.21 Å². The summed E-state index contributed by atoms with van der Waals surface area (Å²) in [5.41, 5.74) is 0.633. The van der Waals surface area contributed by atoms with E-state index in [1.165, 1.54) is 59.9 Å². The van der Waals surface area contributed by atoms with Gasteiger partial charge >= 0.3 is 0 Å². The lowest BCUT2D eigenvalue weighted by atomic mass is 10.0. The monoisotopic (exact) mass is 635 g/mol. The largest absolute Gasteiger partial charge is 0.488 e. The van der Waals surface area contributed by atoms with E-state index >= 15 is 0 Å². The third kappa shape index (κ3) is 7.24. The summed E-state index contributed by atoms with van der Waals surface area (Å²) in [7, 11) is -6.30. The Labute approximate surface area is 252 Å². The van der Waals surface area contributed by atoms with Gasteiger partial charge in [0.05, 0.1) is 35.4 Å². The van der Waals surface area contributed by atoms with Crippen LogP contribution >= 0.6 is 11.6 Å². The lowest BCUT2D eigenvalue weighted by Gasteiger charge is -2.33. The number of carbonyl (C=O) groups is 1. The van der Waals surface area contributed by atoms with Crippen molar-refractivity contribution < 1.29 is 31.5 Å². The Morgan fingerprint density at radius 1 is 1.05 bits per heavy atom. The molecule has 0 aliphatic carbocycles. The maximum absolute atomic E-state index is 13.5. The van der Waals surface area contributed by atoms with Gasteiger partial charge in [0.1, 0.15) is 11.9 Å². The topological polar surface area (TPSA) is 133 Å². The number of anilines is 1. The van der Waals surface area contributed by atoms with E-state index in [0.717, 1.165) is 0 Å². The van der Waals surface area contributed by atoms with E-state index in [9.17, 15) is 26.7 Å². The minimum absolute atomic E-state index is 0.0156. The van der Waals surface area contributed by atoms with Gasteiger partial charge in [-0.1, -0.05) is 36.7 Å². The second-order valence-corrected chi connectivity index (χ2v) is 14.5. The molecule has 0 saturated carbocycles. The highest BCUT2D eigenvalue weighted by Crippen LogP contribution is 2.31. The van der Waals surface area contributed by atoms with Crippen LogP contribution < -0.4 is 9.46 Å². The molecule has 0 radical (unpaired) electrons. The van der Waals surface area contributed by atoms with Gasteiger partial charge in [-0.3, -0.25) is 9.52 Å². The van der Waals surface area contributed by atoms with Crippen LogP contribution in [0.4, 0.5) is 5.69 Å². The summed E-state index contributed by atoms with van der Waals surface area (Å²) in [5.74, 6) is -0.277. The molecule has 0 bridgehead atoms. The molecule has 0 aromatic heterocycles. The number of rotatable bonds is 9. The summed E-state index contributed by atoms with van der Waals surface area (Å²) in [6.07, 6.45) is -0.795. The average molecular weight is 636 g/mol. The number of hydrogen-bond donors (Lipinski definition) is 2. The molecule has 3 aromatic rings. The number of aliphatic hydroxyl groups excluding tert-OH is 1. The minimum atomic E-state index is -3.95. The fourth-order valence-corrected chi connectivity index (χ4v) is 7.04. The predicted molar refractivity (Wildman–Crippen MR) is 161 cm³/mol. The molecule has 0 saturated heterocycles. The number of nitrogens with one attached hydrogen (secondary N) is 1. The highest BCUT2D eigenvalue weighted by Gasteiger charge is 2.33. The number of ether oxygens (including phenoxy) is 1. The van der Waals surface area contributed by atoms with Crippen LogP contribution in [0.25, 0.3) is 0 Å². The van der Waals surface area contributed by atoms with Gasteiger partial charge in [0.15, 0.2) is 0 Å². The molecule has 4 rings (SSSR count). The second-order valence-electron chi connectivity index (χ2n) is 10.4. The van der Waals surface area contributed by atoms with Crippen molar-refractivity contribution in [2.45, 2.75) is 42.2 Å². The Morgan fingerprint density at radius 2 is 1.71 bits per heavy atom. The van der Waals surface area contributed by atoms with Crippen molar-refractivity contribution in [3.63, 3.8) is 0 Å². The summed E-state index contributed by atoms with van der Waals surface area (Å²) < 4.78 is 62.6. The van der Waals surface area contributed by atoms with Crippen molar-refractivity contribution in [2.75, 3.05) is 31.5 Å². The number of hydrogen-bond acceptors (Lipinski definition) is 7. The molecule has 2 N–H and O–H groups in total. The molecule has 42 heavy (non-hydrogen) atoms. The number of sulfonamides is 2. The number of benzene rings is 3. The zero-order valence-corrected chi connectivity index (χ0v) is 25.9. The quantitative estimate of drug-likeness (QED) is 0.367. The van der Waals surface area contributed by atoms with Crippen molar-refractivity contribution in [2.24, 2.45) is 5.92 Å². The number of aliphatic hydroxyl groups is 1. The highest BCUT2D eigenvalue weighted by atomic mass is 35.5. The van der Waals surface area contributed by atoms with Crippen molar-refractivity contribution in [3.05, 3.63) is 83.4 Å². The third-order valence-electron chi connectivity index (χ3n) is 7.18. The van der Waals surface area contributed by atoms with Gasteiger partial charge in [0.2, 0.25) is 15.9 Å². The number of likely N-dealkylation sites (N-methyl/N-ethyl adjacent to an activating group) is 1. The van der Waals surface area contributed by atoms with Crippen LogP contribution in [-0.4, -0.2) is 75.9 Å². The normalized spacial score (nSPS) is 18.8. The first-order valence-electron chi connectivity index (χ1n) is 13.3. The lowest BCUT2D eigenvalue weighted by molar-refractivity contribution is -0.134. The number of amides is 1. The van der Waals surface area contributed by atoms with Crippen molar-refractivity contribution >= 4 is 43.2 Å². The molecule has 10 nitrogen and oxygen atoms in total. The second kappa shape index (κ2) is 13.0. The molecule has 1 aliphatic heterocycles. The molecule has 1 amide bonds. The Hall–Kier alpha value is -3.16. The van der Waals surface area contributed by atoms with Crippen molar-refractivity contribution in [1.29, 1.82) is 0 Å². The Morgan fingerprint density at radius 3 is 2.36 bits per heavy atom. The summed E-state index contributed by atoms with van der Waals surface area (Å²) in [6.45, 7) is 3.52. The number of fused-ring (bicyclic) bond motifs is 1. The fraction of sp³-hybridized carbons (Fsp3) is 0.345. The van der Waals surface area contributed by atoms with E-state index in [1.807, 2.05) is 6.92 Å². The Kier molecular flexibility index (Phi) is 9.84. The van der Waals surface area contributed by atoms with Gasteiger partial charge in [0.25, 0.3) is 10.0 Å². The molecule has 0 spiro atoms. The first-order valence-corrected chi connectivity index (χ1v) is 16.6. The van der Waals surface area contributed by atoms with Crippen LogP contribution in [0, 0.1) is 5.92 Å². The summed E-state index contributed by atoms with van der Waals surface area (Å²) in [4.78, 5) is 15.2. The zero-order chi connectivity index (χ0) is 30.7. The van der Waals surface area contributed by atoms with Gasteiger partial charge in [-0.2, -0.15) is 4.31 Å². The summed E-state index contributed by atoms with van der Waals surface area (Å²) in [6, 6.07) is 17.9. The maximum Gasteiger partial charge on any atom is 0.261 e. The Bertz CT molecular complexity index is 1620. The Balaban J connectivity index is 1.68. The highest BCUT2D eigenvalue weighted by molar-refractivity contribution is 7.92. The first-order chi connectivity index (χ1) is 19.8. The molecule has 226 valence electrons. The van der Waals surface area contributed by atoms with Gasteiger partial charge in [-0.15, -0.1) is 0 Å². The van der Waals surface area contributed by atoms with E-state index in [2.05, 4.69) is 4.72 Å². The van der Waals surface area contributed by atoms with E-state index in [0.29, 0.717) is 16.3 Å². The van der Waals surface area contributed by atoms with E-state index < -0.39 is 32.2 Å². The SMILES string of the molecule is C[C@@H]1CN([C@H](C)CO)C(=O)Cc2cc(NS(=O)(=O)c3ccc(Cl)cc3)ccc2O[C@@H]1CN(C)S(=O)(=O)c1ccccc1. The fourth-order valence-electron chi connectivity index (χ4n) is 4.66. The van der Waals surface area contributed by atoms with Gasteiger partial charge in [-0.25, -0.2) is 16.8 Å². The molecule has 13 heteroatoms. The average Bonchev–Trinajstić information content (AvgIpc) is 3.00. The standard InChI is InChI=1S/C29H34ClN3O7S2/c1-20-17-33(21(2)19-34)29(35)16-22-15-24(31-41(36,37)25-12-9-23(30)10-13-25)11-14-27(22)40-28(20)18-32(3)42(38,39)26-7-5-4-6-8-26/h4-15,20-21,28,31,34H,16-19H2,1-3H3/t20-,21-,28-/m1/s1. The molecule has 3 aromatic carbocycles.